The number of carbonyl (C=O) groups excluding carboxylic acids is 4. The van der Waals surface area contributed by atoms with E-state index < -0.39 is 41.6 Å². The number of para-hydroxylation sites is 1. The number of carboxylic acid groups (broad SMARTS) is 1. The third kappa shape index (κ3) is 10.3. The van der Waals surface area contributed by atoms with Gasteiger partial charge in [0.25, 0.3) is 0 Å². The average Bonchev–Trinajstić information content (AvgIpc) is 3.37. The molecule has 2 aliphatic rings. The summed E-state index contributed by atoms with van der Waals surface area (Å²) >= 11 is 0. The number of likely N-dealkylation sites (N-methyl/N-ethyl adjacent to an activating group) is 2. The fourth-order valence-corrected chi connectivity index (χ4v) is 5.03. The zero-order valence-corrected chi connectivity index (χ0v) is 26.4. The molecule has 14 heteroatoms. The number of ketones is 1. The Hall–Kier alpha value is -3.98. The van der Waals surface area contributed by atoms with Gasteiger partial charge in [0.1, 0.15) is 18.4 Å². The van der Waals surface area contributed by atoms with Crippen molar-refractivity contribution in [3.05, 3.63) is 35.5 Å². The van der Waals surface area contributed by atoms with E-state index >= 15 is 0 Å². The molecule has 0 aromatic heterocycles. The number of carbonyl (C=O) groups is 5. The van der Waals surface area contributed by atoms with Crippen molar-refractivity contribution >= 4 is 47.5 Å². The quantitative estimate of drug-likeness (QED) is 0.185. The number of Topliss-reactive ketones (excluding diaryl/α,β-unsaturated/α-hetero) is 1. The SMILES string of the molecule is CNN(C)CC1=Cc2ccccc2[N+]1=CCC(=O)NC1CCC(C(=O)O)C(=O)C(C)N(C)C(=O)CCOCCOCCNC1=O. The molecule has 0 saturated carbocycles. The van der Waals surface area contributed by atoms with Crippen LogP contribution in [-0.2, 0) is 33.4 Å². The highest BCUT2D eigenvalue weighted by molar-refractivity contribution is 6.02. The highest BCUT2D eigenvalue weighted by Crippen LogP contribution is 2.31. The van der Waals surface area contributed by atoms with Crippen LogP contribution in [0.3, 0.4) is 0 Å². The molecule has 3 rings (SSSR count). The first-order valence-electron chi connectivity index (χ1n) is 15.1. The number of hydrazine groups is 1. The Bertz CT molecular complexity index is 1300. The van der Waals surface area contributed by atoms with Crippen LogP contribution in [0.5, 0.6) is 0 Å². The Morgan fingerprint density at radius 2 is 1.84 bits per heavy atom. The van der Waals surface area contributed by atoms with E-state index in [4.69, 9.17) is 9.47 Å². The van der Waals surface area contributed by atoms with Crippen molar-refractivity contribution < 1.29 is 43.1 Å². The lowest BCUT2D eigenvalue weighted by Gasteiger charge is -2.27. The maximum Gasteiger partial charge on any atom is 0.314 e. The number of nitrogens with zero attached hydrogens (tertiary/aromatic N) is 3. The average molecular weight is 630 g/mol. The van der Waals surface area contributed by atoms with Crippen LogP contribution in [0.4, 0.5) is 5.69 Å². The molecule has 3 unspecified atom stereocenters. The van der Waals surface area contributed by atoms with Gasteiger partial charge >= 0.3 is 5.97 Å². The van der Waals surface area contributed by atoms with Crippen LogP contribution in [0, 0.1) is 5.92 Å². The number of benzene rings is 1. The molecule has 1 aromatic rings. The zero-order chi connectivity index (χ0) is 32.9. The van der Waals surface area contributed by atoms with Gasteiger partial charge in [-0.15, -0.1) is 0 Å². The van der Waals surface area contributed by atoms with E-state index in [0.717, 1.165) is 16.9 Å². The third-order valence-corrected chi connectivity index (χ3v) is 7.87. The second-order valence-electron chi connectivity index (χ2n) is 11.0. The van der Waals surface area contributed by atoms with Crippen LogP contribution >= 0.6 is 0 Å². The summed E-state index contributed by atoms with van der Waals surface area (Å²) in [7, 11) is 5.15. The van der Waals surface area contributed by atoms with E-state index in [1.807, 2.05) is 54.0 Å². The molecule has 1 saturated heterocycles. The highest BCUT2D eigenvalue weighted by Gasteiger charge is 2.35. The number of amides is 3. The lowest BCUT2D eigenvalue weighted by molar-refractivity contribution is -0.377. The standard InChI is InChI=1S/C31H44N6O8/c1-21-29(40)24(31(42)43)9-10-25(30(41)33-13-16-45-18-17-44-15-12-28(39)36(21)4)34-27(38)11-14-37-23(20-35(3)32-2)19-22-7-5-6-8-26(22)37/h5-8,14,19,21,24-25,32H,9-13,15-18,20H2,1-4H3,(H2-,33,34,38,41,42,43)/p+1. The summed E-state index contributed by atoms with van der Waals surface area (Å²) < 4.78 is 12.8. The van der Waals surface area contributed by atoms with E-state index in [1.165, 1.54) is 18.9 Å². The van der Waals surface area contributed by atoms with Gasteiger partial charge in [-0.3, -0.25) is 29.4 Å². The minimum atomic E-state index is -1.48. The highest BCUT2D eigenvalue weighted by atomic mass is 16.5. The van der Waals surface area contributed by atoms with Crippen LogP contribution in [0.2, 0.25) is 0 Å². The second-order valence-corrected chi connectivity index (χ2v) is 11.0. The molecule has 3 amide bonds. The van der Waals surface area contributed by atoms with Crippen molar-refractivity contribution in [1.82, 2.24) is 26.0 Å². The number of rotatable bonds is 7. The molecular formula is C31H45N6O8+. The summed E-state index contributed by atoms with van der Waals surface area (Å²) in [6.07, 6.45) is 3.42. The van der Waals surface area contributed by atoms with Crippen molar-refractivity contribution in [2.75, 3.05) is 60.7 Å². The second kappa shape index (κ2) is 17.5. The van der Waals surface area contributed by atoms with Crippen LogP contribution < -0.4 is 16.1 Å². The Kier molecular flexibility index (Phi) is 13.8. The Morgan fingerprint density at radius 1 is 1.13 bits per heavy atom. The van der Waals surface area contributed by atoms with Gasteiger partial charge in [0, 0.05) is 32.8 Å². The van der Waals surface area contributed by atoms with Gasteiger partial charge in [0.05, 0.1) is 51.0 Å². The van der Waals surface area contributed by atoms with Crippen molar-refractivity contribution in [3.8, 4) is 0 Å². The molecule has 14 nitrogen and oxygen atoms in total. The number of hydrogen-bond acceptors (Lipinski definition) is 9. The normalized spacial score (nSPS) is 23.6. The molecular weight excluding hydrogens is 584 g/mol. The Balaban J connectivity index is 1.77. The van der Waals surface area contributed by atoms with Gasteiger partial charge in [-0.1, -0.05) is 12.1 Å². The molecule has 1 aromatic carbocycles. The van der Waals surface area contributed by atoms with E-state index in [0.29, 0.717) is 6.54 Å². The van der Waals surface area contributed by atoms with E-state index in [9.17, 15) is 29.1 Å². The number of nitrogens with one attached hydrogen (secondary N) is 3. The summed E-state index contributed by atoms with van der Waals surface area (Å²) in [4.78, 5) is 65.5. The molecule has 2 heterocycles. The number of carboxylic acids is 1. The van der Waals surface area contributed by atoms with Crippen LogP contribution in [-0.4, -0.2) is 128 Å². The minimum absolute atomic E-state index is 0.0273. The Labute approximate surface area is 263 Å². The first-order valence-corrected chi connectivity index (χ1v) is 15.1. The van der Waals surface area contributed by atoms with Gasteiger partial charge in [-0.25, -0.2) is 5.01 Å². The summed E-state index contributed by atoms with van der Waals surface area (Å²) in [5, 5.41) is 17.2. The predicted molar refractivity (Wildman–Crippen MR) is 166 cm³/mol. The Morgan fingerprint density at radius 3 is 2.56 bits per heavy atom. The summed E-state index contributed by atoms with van der Waals surface area (Å²) in [5.74, 6) is -4.84. The molecule has 0 bridgehead atoms. The van der Waals surface area contributed by atoms with Crippen LogP contribution in [0.15, 0.2) is 30.0 Å². The molecule has 2 aliphatic heterocycles. The largest absolute Gasteiger partial charge is 0.481 e. The number of fused-ring (bicyclic) bond motifs is 1. The number of hydrogen-bond donors (Lipinski definition) is 4. The van der Waals surface area contributed by atoms with Crippen molar-refractivity contribution in [2.24, 2.45) is 5.92 Å². The zero-order valence-electron chi connectivity index (χ0n) is 26.4. The van der Waals surface area contributed by atoms with E-state index in [-0.39, 0.29) is 64.6 Å². The predicted octanol–water partition coefficient (Wildman–Crippen LogP) is 0.147. The summed E-state index contributed by atoms with van der Waals surface area (Å²) in [5.41, 5.74) is 5.94. The maximum atomic E-state index is 13.2. The lowest BCUT2D eigenvalue weighted by Crippen LogP contribution is -2.49. The van der Waals surface area contributed by atoms with Gasteiger partial charge in [-0.05, 0) is 32.9 Å². The fourth-order valence-electron chi connectivity index (χ4n) is 5.03. The van der Waals surface area contributed by atoms with Crippen molar-refractivity contribution in [2.45, 2.75) is 44.7 Å². The first kappa shape index (κ1) is 35.5. The van der Waals surface area contributed by atoms with Gasteiger partial charge in [0.2, 0.25) is 29.1 Å². The lowest BCUT2D eigenvalue weighted by atomic mass is 9.91. The molecule has 3 atom stereocenters. The van der Waals surface area contributed by atoms with Gasteiger partial charge in [-0.2, -0.15) is 4.58 Å². The smallest absolute Gasteiger partial charge is 0.314 e. The van der Waals surface area contributed by atoms with Crippen molar-refractivity contribution in [1.29, 1.82) is 0 Å². The molecule has 0 spiro atoms. The number of ether oxygens (including phenoxy) is 2. The number of aliphatic carboxylic acids is 1. The molecule has 0 radical (unpaired) electrons. The monoisotopic (exact) mass is 629 g/mol. The van der Waals surface area contributed by atoms with Crippen LogP contribution in [0.1, 0.15) is 38.2 Å². The van der Waals surface area contributed by atoms with Gasteiger partial charge in [0.15, 0.2) is 12.0 Å². The summed E-state index contributed by atoms with van der Waals surface area (Å²) in [6.45, 7) is 2.98. The maximum absolute atomic E-state index is 13.2. The first-order chi connectivity index (χ1) is 21.5. The fraction of sp³-hybridized carbons (Fsp3) is 0.548. The minimum Gasteiger partial charge on any atom is -0.481 e. The van der Waals surface area contributed by atoms with Gasteiger partial charge < -0.3 is 30.1 Å². The van der Waals surface area contributed by atoms with Crippen LogP contribution in [0.25, 0.3) is 6.08 Å². The summed E-state index contributed by atoms with van der Waals surface area (Å²) in [6, 6.07) is 5.68. The molecule has 45 heavy (non-hydrogen) atoms. The molecule has 4 N–H and O–H groups in total. The topological polar surface area (TPSA) is 170 Å². The van der Waals surface area contributed by atoms with E-state index in [2.05, 4.69) is 16.1 Å². The van der Waals surface area contributed by atoms with Crippen molar-refractivity contribution in [3.63, 3.8) is 0 Å². The third-order valence-electron chi connectivity index (χ3n) is 7.87. The molecule has 1 fully saturated rings. The molecule has 246 valence electrons. The van der Waals surface area contributed by atoms with E-state index in [1.54, 1.807) is 6.21 Å². The molecule has 0 aliphatic carbocycles.